The van der Waals surface area contributed by atoms with Gasteiger partial charge in [-0.2, -0.15) is 0 Å². The molecule has 1 atom stereocenters. The van der Waals surface area contributed by atoms with Crippen LogP contribution >= 0.6 is 15.9 Å². The van der Waals surface area contributed by atoms with Gasteiger partial charge in [0.15, 0.2) is 0 Å². The molecule has 5 nitrogen and oxygen atoms in total. The molecule has 1 unspecified atom stereocenters. The van der Waals surface area contributed by atoms with Gasteiger partial charge in [-0.1, -0.05) is 15.9 Å². The molecule has 0 aliphatic carbocycles. The molecule has 1 aromatic rings. The van der Waals surface area contributed by atoms with Gasteiger partial charge in [-0.25, -0.2) is 17.5 Å². The van der Waals surface area contributed by atoms with E-state index in [9.17, 15) is 12.8 Å². The van der Waals surface area contributed by atoms with Crippen LogP contribution in [0.5, 0.6) is 0 Å². The Hall–Kier alpha value is -0.570. The minimum atomic E-state index is -3.78. The first-order chi connectivity index (χ1) is 7.99. The molecule has 1 heterocycles. The van der Waals surface area contributed by atoms with Crippen LogP contribution in [0.2, 0.25) is 0 Å². The van der Waals surface area contributed by atoms with Crippen LogP contribution < -0.4 is 4.72 Å². The molecule has 0 amide bonds. The number of rotatable bonds is 6. The zero-order chi connectivity index (χ0) is 12.9. The first kappa shape index (κ1) is 14.5. The Morgan fingerprint density at radius 3 is 2.82 bits per heavy atom. The fourth-order valence-electron chi connectivity index (χ4n) is 1.14. The smallest absolute Gasteiger partial charge is 0.242 e. The van der Waals surface area contributed by atoms with Gasteiger partial charge in [0.1, 0.15) is 10.7 Å². The largest absolute Gasteiger partial charge is 0.383 e. The molecule has 0 saturated heterocycles. The fourth-order valence-corrected chi connectivity index (χ4v) is 2.89. The Labute approximate surface area is 108 Å². The third-order valence-electron chi connectivity index (χ3n) is 1.87. The van der Waals surface area contributed by atoms with Gasteiger partial charge < -0.3 is 4.74 Å². The van der Waals surface area contributed by atoms with Crippen LogP contribution in [-0.2, 0) is 14.8 Å². The van der Waals surface area contributed by atoms with Crippen LogP contribution in [-0.4, -0.2) is 38.5 Å². The summed E-state index contributed by atoms with van der Waals surface area (Å²) in [5, 5.41) is 0.392. The van der Waals surface area contributed by atoms with Crippen LogP contribution in [0.15, 0.2) is 23.4 Å². The van der Waals surface area contributed by atoms with Crippen molar-refractivity contribution in [3.8, 4) is 0 Å². The molecule has 96 valence electrons. The van der Waals surface area contributed by atoms with Crippen molar-refractivity contribution in [2.45, 2.75) is 10.9 Å². The Morgan fingerprint density at radius 2 is 2.29 bits per heavy atom. The lowest BCUT2D eigenvalue weighted by Gasteiger charge is -2.15. The summed E-state index contributed by atoms with van der Waals surface area (Å²) in [6, 6.07) is 0.487. The van der Waals surface area contributed by atoms with Crippen molar-refractivity contribution in [1.82, 2.24) is 9.71 Å². The molecule has 1 rings (SSSR count). The van der Waals surface area contributed by atoms with Crippen molar-refractivity contribution in [1.29, 1.82) is 0 Å². The summed E-state index contributed by atoms with van der Waals surface area (Å²) in [5.74, 6) is -0.699. The molecule has 1 aromatic heterocycles. The van der Waals surface area contributed by atoms with E-state index in [1.807, 2.05) is 0 Å². The quantitative estimate of drug-likeness (QED) is 0.789. The van der Waals surface area contributed by atoms with E-state index in [0.717, 1.165) is 18.5 Å². The van der Waals surface area contributed by atoms with Gasteiger partial charge in [-0.3, -0.25) is 4.98 Å². The third kappa shape index (κ3) is 4.30. The highest BCUT2D eigenvalue weighted by molar-refractivity contribution is 9.09. The van der Waals surface area contributed by atoms with E-state index in [2.05, 4.69) is 25.6 Å². The van der Waals surface area contributed by atoms with E-state index in [0.29, 0.717) is 5.33 Å². The van der Waals surface area contributed by atoms with Gasteiger partial charge in [-0.15, -0.1) is 0 Å². The lowest BCUT2D eigenvalue weighted by molar-refractivity contribution is 0.182. The molecule has 0 aromatic carbocycles. The predicted molar refractivity (Wildman–Crippen MR) is 64.0 cm³/mol. The minimum Gasteiger partial charge on any atom is -0.383 e. The summed E-state index contributed by atoms with van der Waals surface area (Å²) in [6.07, 6.45) is 2.03. The third-order valence-corrected chi connectivity index (χ3v) is 4.14. The number of nitrogens with one attached hydrogen (secondary N) is 1. The molecule has 0 saturated carbocycles. The van der Waals surface area contributed by atoms with E-state index in [1.165, 1.54) is 7.11 Å². The normalized spacial score (nSPS) is 13.6. The molecule has 0 bridgehead atoms. The number of pyridine rings is 1. The van der Waals surface area contributed by atoms with Crippen LogP contribution in [0.4, 0.5) is 4.39 Å². The number of aromatic nitrogens is 1. The second-order valence-electron chi connectivity index (χ2n) is 3.27. The summed E-state index contributed by atoms with van der Waals surface area (Å²) in [4.78, 5) is 3.28. The average molecular weight is 327 g/mol. The van der Waals surface area contributed by atoms with Gasteiger partial charge in [0, 0.05) is 18.6 Å². The summed E-state index contributed by atoms with van der Waals surface area (Å²) < 4.78 is 43.8. The molecule has 0 aliphatic rings. The number of nitrogens with zero attached hydrogens (tertiary/aromatic N) is 1. The van der Waals surface area contributed by atoms with E-state index >= 15 is 0 Å². The summed E-state index contributed by atoms with van der Waals surface area (Å²) in [5.41, 5.74) is 0. The second-order valence-corrected chi connectivity index (χ2v) is 5.63. The highest BCUT2D eigenvalue weighted by atomic mass is 79.9. The Kier molecular flexibility index (Phi) is 5.44. The van der Waals surface area contributed by atoms with Crippen LogP contribution in [0.25, 0.3) is 0 Å². The number of ether oxygens (including phenoxy) is 1. The highest BCUT2D eigenvalue weighted by Crippen LogP contribution is 2.09. The maximum absolute atomic E-state index is 12.9. The molecule has 1 N–H and O–H groups in total. The molecule has 0 radical (unpaired) electrons. The van der Waals surface area contributed by atoms with Gasteiger partial charge >= 0.3 is 0 Å². The number of sulfonamides is 1. The maximum atomic E-state index is 12.9. The van der Waals surface area contributed by atoms with Gasteiger partial charge in [0.25, 0.3) is 0 Å². The zero-order valence-electron chi connectivity index (χ0n) is 9.06. The van der Waals surface area contributed by atoms with E-state index < -0.39 is 21.9 Å². The fraction of sp³-hybridized carbons (Fsp3) is 0.444. The molecule has 8 heteroatoms. The number of alkyl halides is 1. The highest BCUT2D eigenvalue weighted by Gasteiger charge is 2.20. The molecule has 0 spiro atoms. The summed E-state index contributed by atoms with van der Waals surface area (Å²) in [7, 11) is -2.31. The van der Waals surface area contributed by atoms with Crippen molar-refractivity contribution < 1.29 is 17.5 Å². The Balaban J connectivity index is 2.88. The van der Waals surface area contributed by atoms with Crippen molar-refractivity contribution in [2.75, 3.05) is 19.0 Å². The van der Waals surface area contributed by atoms with Crippen molar-refractivity contribution in [2.24, 2.45) is 0 Å². The molecule has 0 aliphatic heterocycles. The first-order valence-electron chi connectivity index (χ1n) is 4.67. The monoisotopic (exact) mass is 326 g/mol. The molecule has 17 heavy (non-hydrogen) atoms. The number of hydrogen-bond acceptors (Lipinski definition) is 4. The van der Waals surface area contributed by atoms with Crippen molar-refractivity contribution in [3.05, 3.63) is 24.3 Å². The molecular weight excluding hydrogens is 315 g/mol. The lowest BCUT2D eigenvalue weighted by atomic mass is 10.4. The maximum Gasteiger partial charge on any atom is 0.242 e. The second kappa shape index (κ2) is 6.39. The van der Waals surface area contributed by atoms with E-state index in [-0.39, 0.29) is 11.5 Å². The topological polar surface area (TPSA) is 68.3 Å². The van der Waals surface area contributed by atoms with Gasteiger partial charge in [0.05, 0.1) is 18.8 Å². The van der Waals surface area contributed by atoms with Crippen molar-refractivity contribution >= 4 is 26.0 Å². The number of methoxy groups -OCH3 is 1. The average Bonchev–Trinajstić information content (AvgIpc) is 2.28. The molecule has 0 fully saturated rings. The standard InChI is InChI=1S/C9H12BrFN2O3S/c1-16-6-8(3-10)13-17(14,15)9-2-7(11)4-12-5-9/h2,4-5,8,13H,3,6H2,1H3. The van der Waals surface area contributed by atoms with Gasteiger partial charge in [0.2, 0.25) is 10.0 Å². The van der Waals surface area contributed by atoms with E-state index in [1.54, 1.807) is 0 Å². The Morgan fingerprint density at radius 1 is 1.59 bits per heavy atom. The summed E-state index contributed by atoms with van der Waals surface area (Å²) in [6.45, 7) is 0.216. The van der Waals surface area contributed by atoms with Crippen LogP contribution in [0, 0.1) is 5.82 Å². The first-order valence-corrected chi connectivity index (χ1v) is 7.28. The Bertz CT molecular complexity index is 469. The zero-order valence-corrected chi connectivity index (χ0v) is 11.5. The minimum absolute atomic E-state index is 0.209. The SMILES string of the molecule is COCC(CBr)NS(=O)(=O)c1cncc(F)c1. The molecular formula is C9H12BrFN2O3S. The van der Waals surface area contributed by atoms with E-state index in [4.69, 9.17) is 4.74 Å². The lowest BCUT2D eigenvalue weighted by Crippen LogP contribution is -2.39. The predicted octanol–water partition coefficient (Wildman–Crippen LogP) is 0.909. The summed E-state index contributed by atoms with van der Waals surface area (Å²) >= 11 is 3.16. The van der Waals surface area contributed by atoms with Crippen molar-refractivity contribution in [3.63, 3.8) is 0 Å². The van der Waals surface area contributed by atoms with Gasteiger partial charge in [-0.05, 0) is 6.07 Å². The number of hydrogen-bond donors (Lipinski definition) is 1. The van der Waals surface area contributed by atoms with Crippen LogP contribution in [0.3, 0.4) is 0 Å². The van der Waals surface area contributed by atoms with Crippen LogP contribution in [0.1, 0.15) is 0 Å². The number of halogens is 2.